The zero-order valence-corrected chi connectivity index (χ0v) is 19.9. The van der Waals surface area contributed by atoms with E-state index in [9.17, 15) is 0 Å². The van der Waals surface area contributed by atoms with Crippen molar-refractivity contribution in [3.63, 3.8) is 0 Å². The zero-order valence-electron chi connectivity index (χ0n) is 19.1. The van der Waals surface area contributed by atoms with Crippen LogP contribution in [0.1, 0.15) is 0 Å². The molecule has 7 aromatic rings. The molecular formula is C32H22N2S. The van der Waals surface area contributed by atoms with Crippen LogP contribution in [0.5, 0.6) is 0 Å². The van der Waals surface area contributed by atoms with Crippen LogP contribution in [0.3, 0.4) is 0 Å². The highest BCUT2D eigenvalue weighted by molar-refractivity contribution is 7.26. The summed E-state index contributed by atoms with van der Waals surface area (Å²) in [6, 6.07) is 32.7. The van der Waals surface area contributed by atoms with Crippen LogP contribution in [0.15, 0.2) is 122 Å². The van der Waals surface area contributed by atoms with Crippen molar-refractivity contribution in [3.05, 3.63) is 122 Å². The van der Waals surface area contributed by atoms with E-state index in [1.54, 1.807) is 0 Å². The molecule has 0 atom stereocenters. The molecule has 0 aliphatic carbocycles. The monoisotopic (exact) mass is 466 g/mol. The number of fused-ring (bicyclic) bond motifs is 9. The van der Waals surface area contributed by atoms with Crippen molar-refractivity contribution in [2.75, 3.05) is 0 Å². The molecule has 0 bridgehead atoms. The van der Waals surface area contributed by atoms with Crippen LogP contribution in [0.25, 0.3) is 64.4 Å². The summed E-state index contributed by atoms with van der Waals surface area (Å²) in [7, 11) is 0. The second-order valence-electron chi connectivity index (χ2n) is 8.69. The summed E-state index contributed by atoms with van der Waals surface area (Å²) in [5.74, 6) is 0. The minimum Gasteiger partial charge on any atom is -0.307 e. The van der Waals surface area contributed by atoms with Crippen molar-refractivity contribution >= 4 is 70.0 Å². The van der Waals surface area contributed by atoms with Crippen LogP contribution in [0.4, 0.5) is 0 Å². The maximum Gasteiger partial charge on any atom is 0.0804 e. The van der Waals surface area contributed by atoms with E-state index in [-0.39, 0.29) is 0 Å². The van der Waals surface area contributed by atoms with Crippen molar-refractivity contribution in [2.24, 2.45) is 0 Å². The molecule has 3 heterocycles. The number of rotatable bonds is 4. The van der Waals surface area contributed by atoms with Gasteiger partial charge in [0, 0.05) is 42.3 Å². The Hall–Kier alpha value is -4.34. The van der Waals surface area contributed by atoms with Crippen LogP contribution in [0, 0.1) is 0 Å². The molecule has 4 aromatic carbocycles. The average molecular weight is 467 g/mol. The van der Waals surface area contributed by atoms with Crippen LogP contribution in [-0.4, -0.2) is 9.13 Å². The van der Waals surface area contributed by atoms with Gasteiger partial charge in [-0.2, -0.15) is 0 Å². The van der Waals surface area contributed by atoms with E-state index in [1.807, 2.05) is 29.6 Å². The maximum atomic E-state index is 4.13. The van der Waals surface area contributed by atoms with Gasteiger partial charge in [0.2, 0.25) is 0 Å². The molecule has 0 saturated carbocycles. The SMILES string of the molecule is C=C/C=C(\C=C)n1c2ccccc2c2c1c1ccc3sc4ccccc4c3c1n2-c1ccccc1. The van der Waals surface area contributed by atoms with Gasteiger partial charge in [-0.15, -0.1) is 11.3 Å². The Morgan fingerprint density at radius 1 is 0.657 bits per heavy atom. The van der Waals surface area contributed by atoms with Crippen molar-refractivity contribution < 1.29 is 0 Å². The van der Waals surface area contributed by atoms with E-state index in [1.165, 1.54) is 47.5 Å². The number of aromatic nitrogens is 2. The lowest BCUT2D eigenvalue weighted by Crippen LogP contribution is -1.94. The topological polar surface area (TPSA) is 9.86 Å². The fourth-order valence-electron chi connectivity index (χ4n) is 5.49. The van der Waals surface area contributed by atoms with Gasteiger partial charge < -0.3 is 9.13 Å². The van der Waals surface area contributed by atoms with Crippen molar-refractivity contribution in [3.8, 4) is 5.69 Å². The first kappa shape index (κ1) is 20.1. The van der Waals surface area contributed by atoms with E-state index in [4.69, 9.17) is 0 Å². The van der Waals surface area contributed by atoms with Crippen LogP contribution in [-0.2, 0) is 0 Å². The Morgan fingerprint density at radius 2 is 1.40 bits per heavy atom. The van der Waals surface area contributed by atoms with Gasteiger partial charge in [0.25, 0.3) is 0 Å². The number of allylic oxidation sites excluding steroid dienone is 4. The van der Waals surface area contributed by atoms with E-state index >= 15 is 0 Å². The first-order valence-electron chi connectivity index (χ1n) is 11.7. The third-order valence-corrected chi connectivity index (χ3v) is 7.97. The van der Waals surface area contributed by atoms with Crippen LogP contribution in [0.2, 0.25) is 0 Å². The summed E-state index contributed by atoms with van der Waals surface area (Å²) in [5.41, 5.74) is 6.97. The second-order valence-corrected chi connectivity index (χ2v) is 9.77. The fraction of sp³-hybridized carbons (Fsp3) is 0. The quantitative estimate of drug-likeness (QED) is 0.229. The van der Waals surface area contributed by atoms with E-state index in [2.05, 4.69) is 113 Å². The average Bonchev–Trinajstić information content (AvgIpc) is 3.55. The number of thiophene rings is 1. The Morgan fingerprint density at radius 3 is 2.20 bits per heavy atom. The molecule has 0 fully saturated rings. The summed E-state index contributed by atoms with van der Waals surface area (Å²) in [6.45, 7) is 8.10. The van der Waals surface area contributed by atoms with Gasteiger partial charge in [-0.25, -0.2) is 0 Å². The van der Waals surface area contributed by atoms with Crippen LogP contribution >= 0.6 is 11.3 Å². The molecule has 0 saturated heterocycles. The summed E-state index contributed by atoms with van der Waals surface area (Å²) in [6.07, 6.45) is 5.78. The van der Waals surface area contributed by atoms with Crippen molar-refractivity contribution in [1.82, 2.24) is 9.13 Å². The summed E-state index contributed by atoms with van der Waals surface area (Å²) >= 11 is 1.86. The Labute approximate surface area is 206 Å². The predicted octanol–water partition coefficient (Wildman–Crippen LogP) is 9.32. The van der Waals surface area contributed by atoms with E-state index < -0.39 is 0 Å². The lowest BCUT2D eigenvalue weighted by Gasteiger charge is -2.10. The molecular weight excluding hydrogens is 444 g/mol. The van der Waals surface area contributed by atoms with Crippen molar-refractivity contribution in [2.45, 2.75) is 0 Å². The van der Waals surface area contributed by atoms with Gasteiger partial charge in [0.05, 0.1) is 22.1 Å². The molecule has 3 aromatic heterocycles. The Balaban J connectivity index is 1.84. The number of para-hydroxylation sites is 2. The second kappa shape index (κ2) is 7.59. The third-order valence-electron chi connectivity index (χ3n) is 6.84. The first-order chi connectivity index (χ1) is 17.3. The molecule has 0 amide bonds. The molecule has 0 radical (unpaired) electrons. The smallest absolute Gasteiger partial charge is 0.0804 e. The molecule has 0 N–H and O–H groups in total. The molecule has 2 nitrogen and oxygen atoms in total. The molecule has 0 aliphatic rings. The number of nitrogens with zero attached hydrogens (tertiary/aromatic N) is 2. The molecule has 0 spiro atoms. The highest BCUT2D eigenvalue weighted by Crippen LogP contribution is 2.46. The number of hydrogen-bond donors (Lipinski definition) is 0. The Kier molecular flexibility index (Phi) is 4.35. The van der Waals surface area contributed by atoms with Crippen molar-refractivity contribution in [1.29, 1.82) is 0 Å². The Bertz CT molecular complexity index is 1980. The van der Waals surface area contributed by atoms with Gasteiger partial charge in [-0.1, -0.05) is 73.8 Å². The highest BCUT2D eigenvalue weighted by Gasteiger charge is 2.24. The number of benzene rings is 4. The molecule has 166 valence electrons. The largest absolute Gasteiger partial charge is 0.307 e. The lowest BCUT2D eigenvalue weighted by atomic mass is 10.1. The summed E-state index contributed by atoms with van der Waals surface area (Å²) < 4.78 is 7.41. The minimum atomic E-state index is 1.01. The predicted molar refractivity (Wildman–Crippen MR) is 154 cm³/mol. The highest BCUT2D eigenvalue weighted by atomic mass is 32.1. The maximum absolute atomic E-state index is 4.13. The third kappa shape index (κ3) is 2.70. The minimum absolute atomic E-state index is 1.01. The summed E-state index contributed by atoms with van der Waals surface area (Å²) in [5, 5.41) is 5.06. The molecule has 0 aliphatic heterocycles. The van der Waals surface area contributed by atoms with Gasteiger partial charge in [0.15, 0.2) is 0 Å². The number of hydrogen-bond acceptors (Lipinski definition) is 1. The zero-order chi connectivity index (χ0) is 23.5. The molecule has 3 heteroatoms. The summed E-state index contributed by atoms with van der Waals surface area (Å²) in [4.78, 5) is 0. The standard InChI is InChI=1S/C32H22N2S/c1-3-12-21(4-2)33-26-17-10-8-15-23(26)31-32(33)25-19-20-28-29(24-16-9-11-18-27(24)35-28)30(25)34(31)22-13-6-5-7-14-22/h3-20H,1-2H2/b21-12+. The fourth-order valence-corrected chi connectivity index (χ4v) is 6.60. The molecule has 0 unspecified atom stereocenters. The van der Waals surface area contributed by atoms with Gasteiger partial charge in [0.1, 0.15) is 0 Å². The van der Waals surface area contributed by atoms with E-state index in [0.29, 0.717) is 0 Å². The van der Waals surface area contributed by atoms with Gasteiger partial charge in [-0.3, -0.25) is 0 Å². The van der Waals surface area contributed by atoms with Crippen LogP contribution < -0.4 is 0 Å². The van der Waals surface area contributed by atoms with Gasteiger partial charge in [-0.05, 0) is 48.6 Å². The van der Waals surface area contributed by atoms with Gasteiger partial charge >= 0.3 is 0 Å². The molecule has 7 rings (SSSR count). The molecule has 35 heavy (non-hydrogen) atoms. The normalized spacial score (nSPS) is 12.4. The van der Waals surface area contributed by atoms with E-state index in [0.717, 1.165) is 16.9 Å². The first-order valence-corrected chi connectivity index (χ1v) is 12.5. The lowest BCUT2D eigenvalue weighted by molar-refractivity contribution is 1.19.